The molecular weight excluding hydrogens is 179 g/mol. The number of rotatable bonds is 3. The summed E-state index contributed by atoms with van der Waals surface area (Å²) in [6, 6.07) is -0.246. The molecule has 0 aromatic heterocycles. The van der Waals surface area contributed by atoms with Gasteiger partial charge in [0.05, 0.1) is 6.54 Å². The second kappa shape index (κ2) is 3.80. The van der Waals surface area contributed by atoms with Gasteiger partial charge in [-0.3, -0.25) is 9.69 Å². The van der Waals surface area contributed by atoms with Crippen LogP contribution in [0.2, 0.25) is 0 Å². The highest BCUT2D eigenvalue weighted by atomic mass is 32.1. The number of thiocarbonyl (C=S) groups is 1. The molecule has 1 fully saturated rings. The molecule has 1 unspecified atom stereocenters. The van der Waals surface area contributed by atoms with Gasteiger partial charge in [0.25, 0.3) is 5.91 Å². The average molecular weight is 190 g/mol. The van der Waals surface area contributed by atoms with Gasteiger partial charge in [-0.25, -0.2) is 4.39 Å². The Bertz CT molecular complexity index is 210. The van der Waals surface area contributed by atoms with Gasteiger partial charge in [0.15, 0.2) is 5.11 Å². The zero-order valence-electron chi connectivity index (χ0n) is 6.84. The fourth-order valence-corrected chi connectivity index (χ4v) is 1.47. The van der Waals surface area contributed by atoms with E-state index in [2.05, 4.69) is 5.32 Å². The fraction of sp³-hybridized carbons (Fsp3) is 0.714. The molecule has 1 amide bonds. The van der Waals surface area contributed by atoms with Gasteiger partial charge in [0.1, 0.15) is 12.7 Å². The maximum absolute atomic E-state index is 11.9. The van der Waals surface area contributed by atoms with E-state index in [1.807, 2.05) is 6.92 Å². The van der Waals surface area contributed by atoms with E-state index in [9.17, 15) is 9.18 Å². The van der Waals surface area contributed by atoms with Crippen LogP contribution in [0.4, 0.5) is 4.39 Å². The van der Waals surface area contributed by atoms with Crippen molar-refractivity contribution in [3.05, 3.63) is 0 Å². The van der Waals surface area contributed by atoms with E-state index < -0.39 is 6.67 Å². The molecule has 0 bridgehead atoms. The second-order valence-electron chi connectivity index (χ2n) is 2.59. The predicted octanol–water partition coefficient (Wildman–Crippen LogP) is 0.451. The minimum absolute atomic E-state index is 0.0706. The summed E-state index contributed by atoms with van der Waals surface area (Å²) in [5.74, 6) is -0.111. The third-order valence-corrected chi connectivity index (χ3v) is 2.16. The lowest BCUT2D eigenvalue weighted by Gasteiger charge is -2.11. The molecule has 5 heteroatoms. The lowest BCUT2D eigenvalue weighted by Crippen LogP contribution is -2.33. The first-order valence-corrected chi connectivity index (χ1v) is 4.29. The van der Waals surface area contributed by atoms with Gasteiger partial charge in [-0.15, -0.1) is 0 Å². The Morgan fingerprint density at radius 3 is 2.83 bits per heavy atom. The average Bonchev–Trinajstić information content (AvgIpc) is 2.32. The summed E-state index contributed by atoms with van der Waals surface area (Å²) in [7, 11) is 0. The van der Waals surface area contributed by atoms with Crippen molar-refractivity contribution in [2.45, 2.75) is 19.4 Å². The van der Waals surface area contributed by atoms with Crippen LogP contribution in [0.5, 0.6) is 0 Å². The lowest BCUT2D eigenvalue weighted by atomic mass is 10.2. The first-order chi connectivity index (χ1) is 5.70. The van der Waals surface area contributed by atoms with Crippen LogP contribution in [0.25, 0.3) is 0 Å². The molecule has 1 N–H and O–H groups in total. The first-order valence-electron chi connectivity index (χ1n) is 3.88. The van der Waals surface area contributed by atoms with Gasteiger partial charge in [0.2, 0.25) is 0 Å². The number of nitrogens with one attached hydrogen (secondary N) is 1. The van der Waals surface area contributed by atoms with Crippen LogP contribution in [0.1, 0.15) is 13.3 Å². The monoisotopic (exact) mass is 190 g/mol. The fourth-order valence-electron chi connectivity index (χ4n) is 1.15. The maximum atomic E-state index is 11.9. The van der Waals surface area contributed by atoms with E-state index >= 15 is 0 Å². The lowest BCUT2D eigenvalue weighted by molar-refractivity contribution is -0.127. The second-order valence-corrected chi connectivity index (χ2v) is 2.98. The van der Waals surface area contributed by atoms with E-state index in [0.29, 0.717) is 11.5 Å². The van der Waals surface area contributed by atoms with Crippen molar-refractivity contribution >= 4 is 23.2 Å². The number of carbonyl (C=O) groups is 1. The van der Waals surface area contributed by atoms with Crippen LogP contribution < -0.4 is 5.32 Å². The summed E-state index contributed by atoms with van der Waals surface area (Å²) >= 11 is 4.85. The minimum atomic E-state index is -0.552. The molecule has 0 spiro atoms. The van der Waals surface area contributed by atoms with Crippen LogP contribution >= 0.6 is 12.2 Å². The Morgan fingerprint density at radius 1 is 1.75 bits per heavy atom. The number of halogens is 1. The van der Waals surface area contributed by atoms with Crippen molar-refractivity contribution < 1.29 is 9.18 Å². The normalized spacial score (nSPS) is 23.2. The molecule has 1 heterocycles. The number of alkyl halides is 1. The third-order valence-electron chi connectivity index (χ3n) is 1.82. The molecule has 12 heavy (non-hydrogen) atoms. The van der Waals surface area contributed by atoms with Gasteiger partial charge in [-0.2, -0.15) is 0 Å². The van der Waals surface area contributed by atoms with Crippen molar-refractivity contribution in [1.82, 2.24) is 10.2 Å². The highest BCUT2D eigenvalue weighted by Crippen LogP contribution is 2.08. The van der Waals surface area contributed by atoms with Crippen LogP contribution in [-0.2, 0) is 4.79 Å². The summed E-state index contributed by atoms with van der Waals surface area (Å²) < 4.78 is 11.9. The molecule has 0 radical (unpaired) electrons. The summed E-state index contributed by atoms with van der Waals surface area (Å²) in [6.45, 7) is 1.41. The van der Waals surface area contributed by atoms with Crippen molar-refractivity contribution in [3.63, 3.8) is 0 Å². The van der Waals surface area contributed by atoms with Crippen LogP contribution in [0.3, 0.4) is 0 Å². The van der Waals surface area contributed by atoms with E-state index in [0.717, 1.165) is 0 Å². The number of carbonyl (C=O) groups excluding carboxylic acids is 1. The summed E-state index contributed by atoms with van der Waals surface area (Å²) in [6.07, 6.45) is 0.682. The first kappa shape index (κ1) is 9.38. The van der Waals surface area contributed by atoms with E-state index in [-0.39, 0.29) is 18.5 Å². The number of hydrogen-bond acceptors (Lipinski definition) is 2. The van der Waals surface area contributed by atoms with Gasteiger partial charge < -0.3 is 5.32 Å². The molecule has 3 nitrogen and oxygen atoms in total. The van der Waals surface area contributed by atoms with Crippen LogP contribution in [0.15, 0.2) is 0 Å². The molecule has 1 atom stereocenters. The molecule has 1 aliphatic rings. The topological polar surface area (TPSA) is 32.3 Å². The van der Waals surface area contributed by atoms with Crippen molar-refractivity contribution in [1.29, 1.82) is 0 Å². The van der Waals surface area contributed by atoms with Gasteiger partial charge in [0, 0.05) is 0 Å². The minimum Gasteiger partial charge on any atom is -0.350 e. The molecule has 0 aromatic carbocycles. The molecule has 0 aromatic rings. The van der Waals surface area contributed by atoms with E-state index in [1.165, 1.54) is 4.90 Å². The predicted molar refractivity (Wildman–Crippen MR) is 47.5 cm³/mol. The third kappa shape index (κ3) is 1.55. The number of amides is 1. The quantitative estimate of drug-likeness (QED) is 0.656. The molecule has 1 saturated heterocycles. The van der Waals surface area contributed by atoms with Crippen LogP contribution in [0, 0.1) is 0 Å². The summed E-state index contributed by atoms with van der Waals surface area (Å²) in [4.78, 5) is 12.6. The highest BCUT2D eigenvalue weighted by molar-refractivity contribution is 7.80. The van der Waals surface area contributed by atoms with Crippen molar-refractivity contribution in [3.8, 4) is 0 Å². The Morgan fingerprint density at radius 2 is 2.42 bits per heavy atom. The SMILES string of the molecule is CCC1NC(=S)N(CCF)C1=O. The largest absolute Gasteiger partial charge is 0.350 e. The smallest absolute Gasteiger partial charge is 0.251 e. The van der Waals surface area contributed by atoms with Crippen molar-refractivity contribution in [2.75, 3.05) is 13.2 Å². The van der Waals surface area contributed by atoms with E-state index in [4.69, 9.17) is 12.2 Å². The number of hydrogen-bond donors (Lipinski definition) is 1. The molecule has 0 saturated carbocycles. The maximum Gasteiger partial charge on any atom is 0.251 e. The summed E-state index contributed by atoms with van der Waals surface area (Å²) in [5.41, 5.74) is 0. The zero-order chi connectivity index (χ0) is 9.14. The Labute approximate surface area is 75.9 Å². The molecular formula is C7H11FN2OS. The number of nitrogens with zero attached hydrogens (tertiary/aromatic N) is 1. The standard InChI is InChI=1S/C7H11FN2OS/c1-2-5-6(11)10(4-3-8)7(12)9-5/h5H,2-4H2,1H3,(H,9,12). The highest BCUT2D eigenvalue weighted by Gasteiger charge is 2.33. The molecule has 1 rings (SSSR count). The van der Waals surface area contributed by atoms with Gasteiger partial charge in [-0.1, -0.05) is 6.92 Å². The molecule has 0 aliphatic carbocycles. The molecule has 1 aliphatic heterocycles. The summed E-state index contributed by atoms with van der Waals surface area (Å²) in [5, 5.41) is 3.18. The molecule has 68 valence electrons. The Kier molecular flexibility index (Phi) is 2.97. The Balaban J connectivity index is 2.64. The van der Waals surface area contributed by atoms with Gasteiger partial charge >= 0.3 is 0 Å². The van der Waals surface area contributed by atoms with E-state index in [1.54, 1.807) is 0 Å². The van der Waals surface area contributed by atoms with Crippen molar-refractivity contribution in [2.24, 2.45) is 0 Å². The van der Waals surface area contributed by atoms with Gasteiger partial charge in [-0.05, 0) is 18.6 Å². The van der Waals surface area contributed by atoms with Crippen LogP contribution in [-0.4, -0.2) is 35.2 Å². The zero-order valence-corrected chi connectivity index (χ0v) is 7.66. The Hall–Kier alpha value is -0.710.